The molecule has 2 aromatic heterocycles. The Morgan fingerprint density at radius 2 is 2.24 bits per heavy atom. The van der Waals surface area contributed by atoms with Crippen LogP contribution in [0.2, 0.25) is 0 Å². The third-order valence-corrected chi connectivity index (χ3v) is 4.43. The average Bonchev–Trinajstić information content (AvgIpc) is 3.21. The van der Waals surface area contributed by atoms with Crippen LogP contribution in [0, 0.1) is 6.92 Å². The van der Waals surface area contributed by atoms with Gasteiger partial charge in [-0.05, 0) is 25.1 Å². The summed E-state index contributed by atoms with van der Waals surface area (Å²) >= 11 is 1.09. The lowest BCUT2D eigenvalue weighted by Crippen LogP contribution is -2.25. The smallest absolute Gasteiger partial charge is 0.307 e. The maximum atomic E-state index is 12.1. The summed E-state index contributed by atoms with van der Waals surface area (Å²) in [5.74, 6) is 0.408. The summed E-state index contributed by atoms with van der Waals surface area (Å²) in [5.41, 5.74) is 1.41. The highest BCUT2D eigenvalue weighted by Gasteiger charge is 2.09. The minimum atomic E-state index is -0.253. The molecule has 0 atom stereocenters. The summed E-state index contributed by atoms with van der Waals surface area (Å²) in [4.78, 5) is 23.7. The number of carbonyl (C=O) groups excluding carboxylic acids is 1. The van der Waals surface area contributed by atoms with Crippen LogP contribution >= 0.6 is 11.3 Å². The largest absolute Gasteiger partial charge is 0.492 e. The standard InChI is InChI=1S/C17H18N4O3S/c1-13-12-25-17(23)21(13)11-16(22)19-14-4-2-5-15(10-14)24-9-8-20-7-3-6-18-20/h2-7,10,12H,8-9,11H2,1H3,(H,19,22). The number of hydrogen-bond acceptors (Lipinski definition) is 5. The molecule has 1 amide bonds. The van der Waals surface area contributed by atoms with Crippen molar-refractivity contribution in [3.8, 4) is 5.75 Å². The minimum Gasteiger partial charge on any atom is -0.492 e. The van der Waals surface area contributed by atoms with Crippen LogP contribution in [0.15, 0.2) is 52.9 Å². The molecule has 25 heavy (non-hydrogen) atoms. The molecule has 0 aliphatic rings. The van der Waals surface area contributed by atoms with Crippen LogP contribution in [-0.4, -0.2) is 26.9 Å². The summed E-state index contributed by atoms with van der Waals surface area (Å²) in [5, 5.41) is 8.63. The number of rotatable bonds is 7. The molecule has 0 bridgehead atoms. The molecule has 1 N–H and O–H groups in total. The molecule has 3 rings (SSSR count). The Kier molecular flexibility index (Phi) is 5.30. The summed E-state index contributed by atoms with van der Waals surface area (Å²) in [6.07, 6.45) is 3.59. The Bertz CT molecular complexity index is 899. The van der Waals surface area contributed by atoms with Crippen molar-refractivity contribution in [2.75, 3.05) is 11.9 Å². The fourth-order valence-electron chi connectivity index (χ4n) is 2.29. The van der Waals surface area contributed by atoms with E-state index in [1.54, 1.807) is 41.4 Å². The third kappa shape index (κ3) is 4.57. The van der Waals surface area contributed by atoms with Crippen LogP contribution in [0.25, 0.3) is 0 Å². The van der Waals surface area contributed by atoms with Gasteiger partial charge in [-0.2, -0.15) is 5.10 Å². The topological polar surface area (TPSA) is 78.1 Å². The second-order valence-electron chi connectivity index (χ2n) is 5.42. The van der Waals surface area contributed by atoms with E-state index in [1.807, 2.05) is 18.3 Å². The Labute approximate surface area is 148 Å². The van der Waals surface area contributed by atoms with E-state index in [1.165, 1.54) is 4.57 Å². The number of carbonyl (C=O) groups is 1. The fourth-order valence-corrected chi connectivity index (χ4v) is 3.03. The maximum Gasteiger partial charge on any atom is 0.307 e. The van der Waals surface area contributed by atoms with Crippen molar-refractivity contribution in [3.63, 3.8) is 0 Å². The normalized spacial score (nSPS) is 10.6. The number of nitrogens with one attached hydrogen (secondary N) is 1. The van der Waals surface area contributed by atoms with Gasteiger partial charge in [0.25, 0.3) is 0 Å². The maximum absolute atomic E-state index is 12.1. The van der Waals surface area contributed by atoms with E-state index in [4.69, 9.17) is 4.74 Å². The van der Waals surface area contributed by atoms with Crippen molar-refractivity contribution in [2.45, 2.75) is 20.0 Å². The van der Waals surface area contributed by atoms with Gasteiger partial charge in [0.15, 0.2) is 0 Å². The van der Waals surface area contributed by atoms with Crippen LogP contribution < -0.4 is 14.9 Å². The van der Waals surface area contributed by atoms with Gasteiger partial charge in [-0.15, -0.1) is 0 Å². The predicted molar refractivity (Wildman–Crippen MR) is 96.1 cm³/mol. The van der Waals surface area contributed by atoms with E-state index in [9.17, 15) is 9.59 Å². The van der Waals surface area contributed by atoms with E-state index in [2.05, 4.69) is 10.4 Å². The molecule has 0 spiro atoms. The monoisotopic (exact) mass is 358 g/mol. The molecular formula is C17H18N4O3S. The van der Waals surface area contributed by atoms with Crippen LogP contribution in [0.3, 0.4) is 0 Å². The Hall–Kier alpha value is -2.87. The number of aryl methyl sites for hydroxylation is 1. The van der Waals surface area contributed by atoms with Crippen LogP contribution in [0.5, 0.6) is 5.75 Å². The van der Waals surface area contributed by atoms with Gasteiger partial charge >= 0.3 is 4.87 Å². The van der Waals surface area contributed by atoms with Crippen molar-refractivity contribution in [2.24, 2.45) is 0 Å². The highest BCUT2D eigenvalue weighted by atomic mass is 32.1. The predicted octanol–water partition coefficient (Wildman–Crippen LogP) is 2.13. The Balaban J connectivity index is 1.55. The van der Waals surface area contributed by atoms with Gasteiger partial charge in [0, 0.05) is 35.2 Å². The lowest BCUT2D eigenvalue weighted by atomic mass is 10.3. The lowest BCUT2D eigenvalue weighted by molar-refractivity contribution is -0.116. The molecule has 0 fully saturated rings. The molecule has 130 valence electrons. The van der Waals surface area contributed by atoms with Gasteiger partial charge < -0.3 is 10.1 Å². The zero-order chi connectivity index (χ0) is 17.6. The highest BCUT2D eigenvalue weighted by Crippen LogP contribution is 2.17. The molecule has 0 radical (unpaired) electrons. The quantitative estimate of drug-likeness (QED) is 0.702. The van der Waals surface area contributed by atoms with Crippen molar-refractivity contribution in [1.82, 2.24) is 14.3 Å². The first-order valence-corrected chi connectivity index (χ1v) is 8.65. The molecule has 2 heterocycles. The van der Waals surface area contributed by atoms with Gasteiger partial charge in [-0.25, -0.2) is 0 Å². The zero-order valence-electron chi connectivity index (χ0n) is 13.7. The van der Waals surface area contributed by atoms with Crippen LogP contribution in [0.4, 0.5) is 5.69 Å². The van der Waals surface area contributed by atoms with Crippen LogP contribution in [0.1, 0.15) is 5.69 Å². The van der Waals surface area contributed by atoms with Crippen molar-refractivity contribution >= 4 is 22.9 Å². The number of aromatic nitrogens is 3. The highest BCUT2D eigenvalue weighted by molar-refractivity contribution is 7.07. The molecular weight excluding hydrogens is 340 g/mol. The molecule has 0 unspecified atom stereocenters. The van der Waals surface area contributed by atoms with E-state index >= 15 is 0 Å². The van der Waals surface area contributed by atoms with E-state index < -0.39 is 0 Å². The van der Waals surface area contributed by atoms with Crippen molar-refractivity contribution in [3.05, 3.63) is 63.5 Å². The SMILES string of the molecule is Cc1csc(=O)n1CC(=O)Nc1cccc(OCCn2cccn2)c1. The van der Waals surface area contributed by atoms with Gasteiger partial charge in [0.1, 0.15) is 18.9 Å². The zero-order valence-corrected chi connectivity index (χ0v) is 14.5. The molecule has 0 aliphatic carbocycles. The summed E-state index contributed by atoms with van der Waals surface area (Å²) in [6, 6.07) is 9.02. The van der Waals surface area contributed by atoms with E-state index in [0.29, 0.717) is 24.6 Å². The van der Waals surface area contributed by atoms with Crippen LogP contribution in [-0.2, 0) is 17.9 Å². The first kappa shape index (κ1) is 17.0. The molecule has 1 aromatic carbocycles. The number of hydrogen-bond donors (Lipinski definition) is 1. The molecule has 0 aliphatic heterocycles. The summed E-state index contributed by atoms with van der Waals surface area (Å²) in [7, 11) is 0. The Morgan fingerprint density at radius 3 is 2.96 bits per heavy atom. The number of benzene rings is 1. The van der Waals surface area contributed by atoms with Gasteiger partial charge in [0.05, 0.1) is 6.54 Å². The van der Waals surface area contributed by atoms with Crippen molar-refractivity contribution < 1.29 is 9.53 Å². The number of nitrogens with zero attached hydrogens (tertiary/aromatic N) is 3. The summed E-state index contributed by atoms with van der Waals surface area (Å²) < 4.78 is 8.91. The molecule has 3 aromatic rings. The van der Waals surface area contributed by atoms with E-state index in [0.717, 1.165) is 17.0 Å². The molecule has 8 heteroatoms. The second kappa shape index (κ2) is 7.80. The molecule has 7 nitrogen and oxygen atoms in total. The van der Waals surface area contributed by atoms with Gasteiger partial charge in [-0.3, -0.25) is 18.8 Å². The fraction of sp³-hybridized carbons (Fsp3) is 0.235. The number of anilines is 1. The first-order chi connectivity index (χ1) is 12.1. The average molecular weight is 358 g/mol. The minimum absolute atomic E-state index is 0.00144. The number of amides is 1. The number of thiazole rings is 1. The van der Waals surface area contributed by atoms with E-state index in [-0.39, 0.29) is 17.3 Å². The summed E-state index contributed by atoms with van der Waals surface area (Å²) in [6.45, 7) is 2.92. The van der Waals surface area contributed by atoms with Gasteiger partial charge in [-0.1, -0.05) is 17.4 Å². The van der Waals surface area contributed by atoms with Crippen molar-refractivity contribution in [1.29, 1.82) is 0 Å². The van der Waals surface area contributed by atoms with Gasteiger partial charge in [0.2, 0.25) is 5.91 Å². The molecule has 0 saturated carbocycles. The third-order valence-electron chi connectivity index (χ3n) is 3.54. The lowest BCUT2D eigenvalue weighted by Gasteiger charge is -2.10. The first-order valence-electron chi connectivity index (χ1n) is 7.77. The molecule has 0 saturated heterocycles. The number of ether oxygens (including phenoxy) is 1. The second-order valence-corrected chi connectivity index (χ2v) is 6.24. The Morgan fingerprint density at radius 1 is 1.36 bits per heavy atom.